The predicted octanol–water partition coefficient (Wildman–Crippen LogP) is 7.77. The Kier molecular flexibility index (Phi) is 5.83. The normalized spacial score (nSPS) is 22.7. The summed E-state index contributed by atoms with van der Waals surface area (Å²) in [6.45, 7) is 0. The number of rotatable bonds is 4. The summed E-state index contributed by atoms with van der Waals surface area (Å²) in [5.74, 6) is 1.22. The van der Waals surface area contributed by atoms with Crippen molar-refractivity contribution < 1.29 is 14.3 Å². The van der Waals surface area contributed by atoms with Gasteiger partial charge in [-0.25, -0.2) is 4.79 Å². The first-order valence-corrected chi connectivity index (χ1v) is 14.4. The Bertz CT molecular complexity index is 1370. The van der Waals surface area contributed by atoms with Crippen LogP contribution in [0.4, 0.5) is 11.4 Å². The SMILES string of the molecule is CN(c1ccc2c(c1)Oc1ccc(NC3CCCCC3)cc1C21OC(=O)c2ccccc21)C1CCCCC1. The molecule has 1 unspecified atom stereocenters. The summed E-state index contributed by atoms with van der Waals surface area (Å²) in [4.78, 5) is 15.7. The van der Waals surface area contributed by atoms with Gasteiger partial charge in [0.1, 0.15) is 11.5 Å². The smallest absolute Gasteiger partial charge is 0.340 e. The van der Waals surface area contributed by atoms with Crippen molar-refractivity contribution in [3.8, 4) is 11.5 Å². The van der Waals surface area contributed by atoms with Crippen molar-refractivity contribution in [2.45, 2.75) is 81.9 Å². The first kappa shape index (κ1) is 23.6. The van der Waals surface area contributed by atoms with Crippen LogP contribution in [-0.2, 0) is 10.3 Å². The Labute approximate surface area is 225 Å². The number of nitrogens with zero attached hydrogens (tertiary/aromatic N) is 1. The van der Waals surface area contributed by atoms with Crippen molar-refractivity contribution in [2.75, 3.05) is 17.3 Å². The zero-order chi connectivity index (χ0) is 25.7. The number of carbonyl (C=O) groups is 1. The molecule has 7 rings (SSSR count). The molecule has 2 aliphatic heterocycles. The highest BCUT2D eigenvalue weighted by Crippen LogP contribution is 2.57. The number of carbonyl (C=O) groups excluding carboxylic acids is 1. The Morgan fingerprint density at radius 2 is 1.55 bits per heavy atom. The summed E-state index contributed by atoms with van der Waals surface area (Å²) in [6, 6.07) is 21.5. The summed E-state index contributed by atoms with van der Waals surface area (Å²) >= 11 is 0. The van der Waals surface area contributed by atoms with Gasteiger partial charge >= 0.3 is 5.97 Å². The van der Waals surface area contributed by atoms with Crippen molar-refractivity contribution in [1.82, 2.24) is 0 Å². The van der Waals surface area contributed by atoms with Crippen molar-refractivity contribution in [3.63, 3.8) is 0 Å². The second-order valence-corrected chi connectivity index (χ2v) is 11.5. The molecular formula is C33H36N2O3. The second-order valence-electron chi connectivity index (χ2n) is 11.5. The van der Waals surface area contributed by atoms with Crippen molar-refractivity contribution in [3.05, 3.63) is 82.9 Å². The number of fused-ring (bicyclic) bond motifs is 6. The highest BCUT2D eigenvalue weighted by Gasteiger charge is 2.53. The Hall–Kier alpha value is -3.47. The van der Waals surface area contributed by atoms with E-state index in [0.29, 0.717) is 17.6 Å². The fourth-order valence-corrected chi connectivity index (χ4v) is 7.13. The van der Waals surface area contributed by atoms with Crippen LogP contribution in [0.25, 0.3) is 0 Å². The predicted molar refractivity (Wildman–Crippen MR) is 150 cm³/mol. The quantitative estimate of drug-likeness (QED) is 0.365. The van der Waals surface area contributed by atoms with E-state index in [1.165, 1.54) is 64.2 Å². The highest BCUT2D eigenvalue weighted by molar-refractivity contribution is 5.97. The Morgan fingerprint density at radius 3 is 2.37 bits per heavy atom. The average Bonchev–Trinajstić information content (AvgIpc) is 3.26. The number of anilines is 2. The fraction of sp³-hybridized carbons (Fsp3) is 0.424. The number of ether oxygens (including phenoxy) is 2. The van der Waals surface area contributed by atoms with E-state index in [2.05, 4.69) is 47.6 Å². The lowest BCUT2D eigenvalue weighted by molar-refractivity contribution is 0.0224. The van der Waals surface area contributed by atoms with E-state index in [-0.39, 0.29) is 5.97 Å². The molecule has 4 aliphatic rings. The molecule has 0 aromatic heterocycles. The molecule has 0 saturated heterocycles. The first-order valence-electron chi connectivity index (χ1n) is 14.4. The number of hydrogen-bond donors (Lipinski definition) is 1. The molecule has 38 heavy (non-hydrogen) atoms. The van der Waals surface area contributed by atoms with Gasteiger partial charge in [-0.3, -0.25) is 0 Å². The Balaban J connectivity index is 1.34. The lowest BCUT2D eigenvalue weighted by atomic mass is 9.77. The van der Waals surface area contributed by atoms with Crippen LogP contribution in [0.5, 0.6) is 11.5 Å². The minimum Gasteiger partial charge on any atom is -0.456 e. The zero-order valence-electron chi connectivity index (χ0n) is 22.2. The molecule has 2 aliphatic carbocycles. The molecule has 3 aromatic rings. The molecule has 1 N–H and O–H groups in total. The lowest BCUT2D eigenvalue weighted by Gasteiger charge is -2.38. The highest BCUT2D eigenvalue weighted by atomic mass is 16.6. The topological polar surface area (TPSA) is 50.8 Å². The number of nitrogens with one attached hydrogen (secondary N) is 1. The molecule has 5 nitrogen and oxygen atoms in total. The number of hydrogen-bond acceptors (Lipinski definition) is 5. The number of esters is 1. The van der Waals surface area contributed by atoms with Crippen LogP contribution in [0.15, 0.2) is 60.7 Å². The molecule has 1 atom stereocenters. The minimum atomic E-state index is -1.03. The number of benzene rings is 3. The van der Waals surface area contributed by atoms with Gasteiger partial charge in [-0.2, -0.15) is 0 Å². The van der Waals surface area contributed by atoms with Gasteiger partial charge in [0.25, 0.3) is 0 Å². The molecule has 2 saturated carbocycles. The molecule has 0 amide bonds. The van der Waals surface area contributed by atoms with E-state index in [0.717, 1.165) is 39.6 Å². The van der Waals surface area contributed by atoms with E-state index >= 15 is 0 Å². The van der Waals surface area contributed by atoms with Gasteiger partial charge in [-0.05, 0) is 62.1 Å². The largest absolute Gasteiger partial charge is 0.456 e. The maximum absolute atomic E-state index is 13.3. The van der Waals surface area contributed by atoms with E-state index < -0.39 is 5.60 Å². The van der Waals surface area contributed by atoms with Crippen molar-refractivity contribution in [1.29, 1.82) is 0 Å². The third-order valence-corrected chi connectivity index (χ3v) is 9.20. The van der Waals surface area contributed by atoms with Crippen LogP contribution < -0.4 is 15.0 Å². The van der Waals surface area contributed by atoms with Gasteiger partial charge < -0.3 is 19.7 Å². The average molecular weight is 509 g/mol. The van der Waals surface area contributed by atoms with E-state index in [9.17, 15) is 4.79 Å². The molecule has 0 bridgehead atoms. The maximum atomic E-state index is 13.3. The van der Waals surface area contributed by atoms with Crippen molar-refractivity contribution in [2.24, 2.45) is 0 Å². The van der Waals surface area contributed by atoms with E-state index in [4.69, 9.17) is 9.47 Å². The fourth-order valence-electron chi connectivity index (χ4n) is 7.13. The molecule has 3 aromatic carbocycles. The van der Waals surface area contributed by atoms with Crippen LogP contribution in [0.1, 0.15) is 91.3 Å². The third kappa shape index (κ3) is 3.78. The summed E-state index contributed by atoms with van der Waals surface area (Å²) in [5.41, 5.74) is 4.46. The zero-order valence-corrected chi connectivity index (χ0v) is 22.2. The van der Waals surface area contributed by atoms with Crippen LogP contribution in [0, 0.1) is 0 Å². The minimum absolute atomic E-state index is 0.284. The first-order chi connectivity index (χ1) is 18.6. The third-order valence-electron chi connectivity index (χ3n) is 9.20. The van der Waals surface area contributed by atoms with Gasteiger partial charge in [0.15, 0.2) is 5.60 Å². The molecule has 2 fully saturated rings. The molecule has 196 valence electrons. The molecule has 5 heteroatoms. The van der Waals surface area contributed by atoms with Gasteiger partial charge in [0, 0.05) is 53.3 Å². The summed E-state index contributed by atoms with van der Waals surface area (Å²) in [7, 11) is 2.19. The van der Waals surface area contributed by atoms with Gasteiger partial charge in [-0.1, -0.05) is 56.7 Å². The van der Waals surface area contributed by atoms with Crippen LogP contribution in [-0.4, -0.2) is 25.1 Å². The molecular weight excluding hydrogens is 472 g/mol. The van der Waals surface area contributed by atoms with Crippen LogP contribution >= 0.6 is 0 Å². The molecule has 1 spiro atoms. The van der Waals surface area contributed by atoms with Crippen LogP contribution in [0.3, 0.4) is 0 Å². The Morgan fingerprint density at radius 1 is 0.789 bits per heavy atom. The van der Waals surface area contributed by atoms with Gasteiger partial charge in [-0.15, -0.1) is 0 Å². The monoisotopic (exact) mass is 508 g/mol. The molecule has 2 heterocycles. The molecule has 0 radical (unpaired) electrons. The standard InChI is InChI=1S/C33H36N2O3/c1-35(24-12-6-3-7-13-24)25-17-18-28-31(21-25)37-30-19-16-23(34-22-10-4-2-5-11-22)20-29(30)33(28)27-15-9-8-14-26(27)32(36)38-33/h8-9,14-22,24,34H,2-7,10-13H2,1H3. The maximum Gasteiger partial charge on any atom is 0.340 e. The second kappa shape index (κ2) is 9.37. The van der Waals surface area contributed by atoms with Gasteiger partial charge in [0.2, 0.25) is 0 Å². The summed E-state index contributed by atoms with van der Waals surface area (Å²) in [5, 5.41) is 3.75. The van der Waals surface area contributed by atoms with E-state index in [1.54, 1.807) is 0 Å². The summed E-state index contributed by atoms with van der Waals surface area (Å²) in [6.07, 6.45) is 12.6. The van der Waals surface area contributed by atoms with Gasteiger partial charge in [0.05, 0.1) is 5.56 Å². The summed E-state index contributed by atoms with van der Waals surface area (Å²) < 4.78 is 13.0. The van der Waals surface area contributed by atoms with E-state index in [1.807, 2.05) is 30.3 Å². The van der Waals surface area contributed by atoms with Crippen molar-refractivity contribution >= 4 is 17.3 Å². The van der Waals surface area contributed by atoms with Crippen LogP contribution in [0.2, 0.25) is 0 Å². The lowest BCUT2D eigenvalue weighted by Crippen LogP contribution is -2.35.